The molecule has 28 heavy (non-hydrogen) atoms. The van der Waals surface area contributed by atoms with E-state index in [4.69, 9.17) is 11.6 Å². The van der Waals surface area contributed by atoms with Gasteiger partial charge >= 0.3 is 6.18 Å². The number of hydrogen-bond acceptors (Lipinski definition) is 2. The molecule has 3 nitrogen and oxygen atoms in total. The minimum absolute atomic E-state index is 0.0671. The van der Waals surface area contributed by atoms with Gasteiger partial charge in [-0.25, -0.2) is 0 Å². The normalized spacial score (nSPS) is 20.8. The number of amides is 1. The molecule has 0 bridgehead atoms. The van der Waals surface area contributed by atoms with E-state index >= 15 is 0 Å². The fraction of sp³-hybridized carbons (Fsp3) is 0.381. The van der Waals surface area contributed by atoms with Gasteiger partial charge in [0.1, 0.15) is 0 Å². The van der Waals surface area contributed by atoms with Crippen molar-refractivity contribution in [2.75, 3.05) is 13.1 Å². The lowest BCUT2D eigenvalue weighted by Gasteiger charge is -2.22. The number of alkyl halides is 3. The standard InChI is InChI=1S/C21H22ClF3N2O/c1-13(10-14-2-8-17(22)9-3-14)27-20(28)19-12-26-11-18(19)15-4-6-16(7-5-15)21(23,24)25/h2-9,13,18-19,26H,10-12H2,1H3,(H,27,28)/t13-,18-,19+/m0/s1. The van der Waals surface area contributed by atoms with Gasteiger partial charge in [-0.15, -0.1) is 0 Å². The molecule has 2 N–H and O–H groups in total. The van der Waals surface area contributed by atoms with Crippen LogP contribution in [0, 0.1) is 5.92 Å². The molecule has 0 radical (unpaired) electrons. The van der Waals surface area contributed by atoms with Crippen molar-refractivity contribution in [3.63, 3.8) is 0 Å². The largest absolute Gasteiger partial charge is 0.416 e. The first kappa shape index (κ1) is 20.7. The third-order valence-corrected chi connectivity index (χ3v) is 5.31. The molecule has 150 valence electrons. The Labute approximate surface area is 167 Å². The van der Waals surface area contributed by atoms with E-state index < -0.39 is 11.7 Å². The smallest absolute Gasteiger partial charge is 0.353 e. The molecular formula is C21H22ClF3N2O. The minimum atomic E-state index is -4.36. The van der Waals surface area contributed by atoms with Crippen molar-refractivity contribution >= 4 is 17.5 Å². The molecule has 0 saturated carbocycles. The summed E-state index contributed by atoms with van der Waals surface area (Å²) in [5.41, 5.74) is 1.13. The SMILES string of the molecule is C[C@@H](Cc1ccc(Cl)cc1)NC(=O)[C@@H]1CNC[C@H]1c1ccc(C(F)(F)F)cc1. The Kier molecular flexibility index (Phi) is 6.30. The summed E-state index contributed by atoms with van der Waals surface area (Å²) in [4.78, 5) is 12.8. The Morgan fingerprint density at radius 1 is 1.14 bits per heavy atom. The van der Waals surface area contributed by atoms with Gasteiger partial charge in [-0.2, -0.15) is 13.2 Å². The molecule has 1 fully saturated rings. The molecule has 2 aromatic rings. The van der Waals surface area contributed by atoms with Crippen LogP contribution in [0.4, 0.5) is 13.2 Å². The second-order valence-electron chi connectivity index (χ2n) is 7.23. The lowest BCUT2D eigenvalue weighted by molar-refractivity contribution is -0.137. The predicted octanol–water partition coefficient (Wildman–Crippen LogP) is 4.41. The maximum absolute atomic E-state index is 12.8. The molecule has 2 aromatic carbocycles. The molecule has 0 aromatic heterocycles. The summed E-state index contributed by atoms with van der Waals surface area (Å²) >= 11 is 5.89. The molecular weight excluding hydrogens is 389 g/mol. The van der Waals surface area contributed by atoms with E-state index in [1.165, 1.54) is 12.1 Å². The Balaban J connectivity index is 1.63. The summed E-state index contributed by atoms with van der Waals surface area (Å²) in [6.45, 7) is 3.00. The molecule has 0 spiro atoms. The van der Waals surface area contributed by atoms with Crippen LogP contribution in [0.15, 0.2) is 48.5 Å². The Hall–Kier alpha value is -2.05. The Morgan fingerprint density at radius 3 is 2.39 bits per heavy atom. The zero-order valence-corrected chi connectivity index (χ0v) is 16.1. The number of hydrogen-bond donors (Lipinski definition) is 2. The minimum Gasteiger partial charge on any atom is -0.353 e. The molecule has 3 rings (SSSR count). The van der Waals surface area contributed by atoms with Gasteiger partial charge in [0.05, 0.1) is 11.5 Å². The van der Waals surface area contributed by atoms with Crippen LogP contribution < -0.4 is 10.6 Å². The van der Waals surface area contributed by atoms with Gasteiger partial charge in [0.15, 0.2) is 0 Å². The van der Waals surface area contributed by atoms with Gasteiger partial charge in [-0.1, -0.05) is 35.9 Å². The van der Waals surface area contributed by atoms with Gasteiger partial charge in [-0.05, 0) is 48.7 Å². The Bertz CT molecular complexity index is 806. The molecule has 3 atom stereocenters. The highest BCUT2D eigenvalue weighted by Crippen LogP contribution is 2.33. The van der Waals surface area contributed by atoms with Crippen LogP contribution in [0.1, 0.15) is 29.5 Å². The van der Waals surface area contributed by atoms with Crippen LogP contribution in [0.5, 0.6) is 0 Å². The van der Waals surface area contributed by atoms with Crippen molar-refractivity contribution in [3.8, 4) is 0 Å². The van der Waals surface area contributed by atoms with E-state index in [-0.39, 0.29) is 23.8 Å². The Morgan fingerprint density at radius 2 is 1.79 bits per heavy atom. The third kappa shape index (κ3) is 5.06. The molecule has 1 aliphatic heterocycles. The van der Waals surface area contributed by atoms with Gasteiger partial charge in [0, 0.05) is 30.1 Å². The number of benzene rings is 2. The number of carbonyl (C=O) groups excluding carboxylic acids is 1. The van der Waals surface area contributed by atoms with E-state index in [0.29, 0.717) is 24.5 Å². The summed E-state index contributed by atoms with van der Waals surface area (Å²) in [6, 6.07) is 12.5. The quantitative estimate of drug-likeness (QED) is 0.766. The molecule has 1 aliphatic rings. The monoisotopic (exact) mass is 410 g/mol. The first-order chi connectivity index (χ1) is 13.2. The summed E-state index contributed by atoms with van der Waals surface area (Å²) in [5, 5.41) is 6.87. The van der Waals surface area contributed by atoms with E-state index in [9.17, 15) is 18.0 Å². The summed E-state index contributed by atoms with van der Waals surface area (Å²) in [7, 11) is 0. The van der Waals surface area contributed by atoms with Crippen molar-refractivity contribution in [1.82, 2.24) is 10.6 Å². The van der Waals surface area contributed by atoms with E-state index in [1.807, 2.05) is 31.2 Å². The van der Waals surface area contributed by atoms with E-state index in [0.717, 1.165) is 23.3 Å². The molecule has 0 aliphatic carbocycles. The van der Waals surface area contributed by atoms with Crippen molar-refractivity contribution < 1.29 is 18.0 Å². The van der Waals surface area contributed by atoms with Crippen molar-refractivity contribution in [1.29, 1.82) is 0 Å². The highest BCUT2D eigenvalue weighted by molar-refractivity contribution is 6.30. The second-order valence-corrected chi connectivity index (χ2v) is 7.67. The van der Waals surface area contributed by atoms with Crippen LogP contribution in [-0.2, 0) is 17.4 Å². The predicted molar refractivity (Wildman–Crippen MR) is 103 cm³/mol. The zero-order valence-electron chi connectivity index (χ0n) is 15.4. The van der Waals surface area contributed by atoms with Crippen LogP contribution >= 0.6 is 11.6 Å². The third-order valence-electron chi connectivity index (χ3n) is 5.06. The lowest BCUT2D eigenvalue weighted by Crippen LogP contribution is -2.40. The van der Waals surface area contributed by atoms with Gasteiger partial charge in [-0.3, -0.25) is 4.79 Å². The number of halogens is 4. The number of rotatable bonds is 5. The first-order valence-electron chi connectivity index (χ1n) is 9.16. The maximum Gasteiger partial charge on any atom is 0.416 e. The summed E-state index contributed by atoms with van der Waals surface area (Å²) < 4.78 is 38.3. The van der Waals surface area contributed by atoms with Crippen LogP contribution in [0.2, 0.25) is 5.02 Å². The van der Waals surface area contributed by atoms with Crippen molar-refractivity contribution in [2.45, 2.75) is 31.5 Å². The lowest BCUT2D eigenvalue weighted by atomic mass is 9.87. The molecule has 0 unspecified atom stereocenters. The van der Waals surface area contributed by atoms with E-state index in [1.54, 1.807) is 0 Å². The zero-order chi connectivity index (χ0) is 20.3. The summed E-state index contributed by atoms with van der Waals surface area (Å²) in [6.07, 6.45) is -3.69. The molecule has 1 amide bonds. The van der Waals surface area contributed by atoms with Crippen LogP contribution in [0.3, 0.4) is 0 Å². The molecule has 1 saturated heterocycles. The van der Waals surface area contributed by atoms with Crippen LogP contribution in [-0.4, -0.2) is 25.0 Å². The second kappa shape index (κ2) is 8.53. The van der Waals surface area contributed by atoms with Crippen molar-refractivity contribution in [2.24, 2.45) is 5.92 Å². The topological polar surface area (TPSA) is 41.1 Å². The average molecular weight is 411 g/mol. The van der Waals surface area contributed by atoms with Crippen LogP contribution in [0.25, 0.3) is 0 Å². The first-order valence-corrected chi connectivity index (χ1v) is 9.54. The van der Waals surface area contributed by atoms with Gasteiger partial charge in [0.2, 0.25) is 5.91 Å². The van der Waals surface area contributed by atoms with Gasteiger partial charge < -0.3 is 10.6 Å². The molecule has 7 heteroatoms. The fourth-order valence-corrected chi connectivity index (χ4v) is 3.72. The van der Waals surface area contributed by atoms with Gasteiger partial charge in [0.25, 0.3) is 0 Å². The van der Waals surface area contributed by atoms with Crippen molar-refractivity contribution in [3.05, 3.63) is 70.2 Å². The summed E-state index contributed by atoms with van der Waals surface area (Å²) in [5.74, 6) is -0.550. The fourth-order valence-electron chi connectivity index (χ4n) is 3.60. The maximum atomic E-state index is 12.8. The highest BCUT2D eigenvalue weighted by atomic mass is 35.5. The number of carbonyl (C=O) groups is 1. The molecule has 1 heterocycles. The number of nitrogens with one attached hydrogen (secondary N) is 2. The van der Waals surface area contributed by atoms with E-state index in [2.05, 4.69) is 10.6 Å². The highest BCUT2D eigenvalue weighted by Gasteiger charge is 2.35. The average Bonchev–Trinajstić information content (AvgIpc) is 3.13.